The molecule has 0 spiro atoms. The predicted octanol–water partition coefficient (Wildman–Crippen LogP) is 2.52. The number of fused-ring (bicyclic) bond motifs is 1. The number of benzene rings is 1. The average Bonchev–Trinajstić information content (AvgIpc) is 3.26. The van der Waals surface area contributed by atoms with Crippen molar-refractivity contribution in [2.24, 2.45) is 0 Å². The van der Waals surface area contributed by atoms with Crippen molar-refractivity contribution in [1.82, 2.24) is 15.1 Å². The number of nitrogens with one attached hydrogen (secondary N) is 2. The highest BCUT2D eigenvalue weighted by Crippen LogP contribution is 2.35. The molecule has 0 fully saturated rings. The van der Waals surface area contributed by atoms with Gasteiger partial charge < -0.3 is 15.4 Å². The monoisotopic (exact) mass is 402 g/mol. The van der Waals surface area contributed by atoms with Gasteiger partial charge in [0.2, 0.25) is 11.8 Å². The van der Waals surface area contributed by atoms with Gasteiger partial charge in [-0.1, -0.05) is 37.3 Å². The molecule has 0 saturated carbocycles. The van der Waals surface area contributed by atoms with Gasteiger partial charge in [0.1, 0.15) is 12.4 Å². The van der Waals surface area contributed by atoms with Gasteiger partial charge in [0.15, 0.2) is 0 Å². The molecule has 2 amide bonds. The predicted molar refractivity (Wildman–Crippen MR) is 110 cm³/mol. The number of hydrogen-bond donors (Lipinski definition) is 2. The van der Waals surface area contributed by atoms with E-state index in [0.717, 1.165) is 28.3 Å². The van der Waals surface area contributed by atoms with Crippen LogP contribution in [0, 0.1) is 0 Å². The third-order valence-corrected chi connectivity index (χ3v) is 5.68. The molecule has 0 unspecified atom stereocenters. The van der Waals surface area contributed by atoms with Gasteiger partial charge in [-0.05, 0) is 12.0 Å². The molecule has 1 aromatic carbocycles. The van der Waals surface area contributed by atoms with Crippen LogP contribution in [0.4, 0.5) is 5.82 Å². The van der Waals surface area contributed by atoms with Gasteiger partial charge in [0, 0.05) is 30.7 Å². The number of carbonyl (C=O) groups is 2. The molecular weight excluding hydrogens is 376 g/mol. The zero-order valence-electron chi connectivity index (χ0n) is 16.2. The zero-order chi connectivity index (χ0) is 19.9. The van der Waals surface area contributed by atoms with Crippen molar-refractivity contribution in [3.8, 4) is 0 Å². The average molecular weight is 403 g/mol. The van der Waals surface area contributed by atoms with E-state index < -0.39 is 0 Å². The maximum atomic E-state index is 13.0. The zero-order valence-corrected chi connectivity index (χ0v) is 17.1. The van der Waals surface area contributed by atoms with Crippen LogP contribution in [0.15, 0.2) is 30.3 Å². The van der Waals surface area contributed by atoms with E-state index in [1.54, 1.807) is 23.6 Å². The van der Waals surface area contributed by atoms with Crippen molar-refractivity contribution in [1.29, 1.82) is 0 Å². The van der Waals surface area contributed by atoms with Crippen LogP contribution < -0.4 is 10.6 Å². The SMILES string of the molecule is CC[C@H](C(=O)Nc1c2c(nn1CC(=O)NCCOC)CSC2)c1ccccc1. The molecule has 8 heteroatoms. The summed E-state index contributed by atoms with van der Waals surface area (Å²) < 4.78 is 6.57. The van der Waals surface area contributed by atoms with Gasteiger partial charge >= 0.3 is 0 Å². The molecular formula is C20H26N4O3S. The Hall–Kier alpha value is -2.32. The first-order valence-corrected chi connectivity index (χ1v) is 10.6. The second-order valence-corrected chi connectivity index (χ2v) is 7.61. The van der Waals surface area contributed by atoms with E-state index in [9.17, 15) is 9.59 Å². The third-order valence-electron chi connectivity index (χ3n) is 4.71. The molecule has 2 aromatic rings. The van der Waals surface area contributed by atoms with Crippen LogP contribution in [0.2, 0.25) is 0 Å². The van der Waals surface area contributed by atoms with E-state index >= 15 is 0 Å². The highest BCUT2D eigenvalue weighted by molar-refractivity contribution is 7.98. The molecule has 0 radical (unpaired) electrons. The number of amides is 2. The lowest BCUT2D eigenvalue weighted by Crippen LogP contribution is -2.32. The van der Waals surface area contributed by atoms with Crippen molar-refractivity contribution < 1.29 is 14.3 Å². The van der Waals surface area contributed by atoms with Crippen LogP contribution >= 0.6 is 11.8 Å². The standard InChI is InChI=1S/C20H26N4O3S/c1-3-15(14-7-5-4-6-8-14)20(26)22-19-16-12-28-13-17(16)23-24(19)11-18(25)21-9-10-27-2/h4-8,15H,3,9-13H2,1-2H3,(H,21,25)(H,22,26)/t15-/m0/s1. The minimum atomic E-state index is -0.246. The molecule has 3 rings (SSSR count). The first-order valence-electron chi connectivity index (χ1n) is 9.41. The van der Waals surface area contributed by atoms with Crippen LogP contribution in [-0.4, -0.2) is 41.9 Å². The fourth-order valence-electron chi connectivity index (χ4n) is 3.27. The molecule has 0 bridgehead atoms. The second kappa shape index (κ2) is 9.75. The molecule has 7 nitrogen and oxygen atoms in total. The normalized spacial score (nSPS) is 13.8. The van der Waals surface area contributed by atoms with E-state index in [1.165, 1.54) is 0 Å². The Balaban J connectivity index is 1.77. The van der Waals surface area contributed by atoms with E-state index in [2.05, 4.69) is 15.7 Å². The van der Waals surface area contributed by atoms with Crippen molar-refractivity contribution in [3.63, 3.8) is 0 Å². The van der Waals surface area contributed by atoms with E-state index in [1.807, 2.05) is 37.3 Å². The Morgan fingerprint density at radius 3 is 2.79 bits per heavy atom. The molecule has 0 saturated heterocycles. The van der Waals surface area contributed by atoms with Gasteiger partial charge in [-0.15, -0.1) is 0 Å². The highest BCUT2D eigenvalue weighted by atomic mass is 32.2. The van der Waals surface area contributed by atoms with Gasteiger partial charge in [0.05, 0.1) is 18.2 Å². The first kappa shape index (κ1) is 20.4. The van der Waals surface area contributed by atoms with Crippen molar-refractivity contribution in [2.75, 3.05) is 25.6 Å². The van der Waals surface area contributed by atoms with Crippen molar-refractivity contribution >= 4 is 29.4 Å². The first-order chi connectivity index (χ1) is 13.6. The van der Waals surface area contributed by atoms with Gasteiger partial charge in [-0.2, -0.15) is 16.9 Å². The maximum absolute atomic E-state index is 13.0. The van der Waals surface area contributed by atoms with Crippen LogP contribution in [0.5, 0.6) is 0 Å². The van der Waals surface area contributed by atoms with Crippen LogP contribution in [-0.2, 0) is 32.4 Å². The second-order valence-electron chi connectivity index (χ2n) is 6.63. The molecule has 1 aromatic heterocycles. The van der Waals surface area contributed by atoms with Gasteiger partial charge in [-0.3, -0.25) is 9.59 Å². The molecule has 28 heavy (non-hydrogen) atoms. The molecule has 2 heterocycles. The summed E-state index contributed by atoms with van der Waals surface area (Å²) in [5.74, 6) is 1.75. The minimum absolute atomic E-state index is 0.0686. The lowest BCUT2D eigenvalue weighted by Gasteiger charge is -2.17. The molecule has 1 atom stereocenters. The molecule has 1 aliphatic rings. The lowest BCUT2D eigenvalue weighted by atomic mass is 9.95. The molecule has 2 N–H and O–H groups in total. The highest BCUT2D eigenvalue weighted by Gasteiger charge is 2.27. The van der Waals surface area contributed by atoms with Crippen LogP contribution in [0.3, 0.4) is 0 Å². The van der Waals surface area contributed by atoms with Crippen LogP contribution in [0.25, 0.3) is 0 Å². The number of carbonyl (C=O) groups excluding carboxylic acids is 2. The maximum Gasteiger partial charge on any atom is 0.241 e. The summed E-state index contributed by atoms with van der Waals surface area (Å²) in [6.07, 6.45) is 0.693. The number of rotatable bonds is 9. The fraction of sp³-hybridized carbons (Fsp3) is 0.450. The Kier molecular flexibility index (Phi) is 7.11. The fourth-order valence-corrected chi connectivity index (χ4v) is 4.30. The number of ether oxygens (including phenoxy) is 1. The number of thioether (sulfide) groups is 1. The van der Waals surface area contributed by atoms with Crippen molar-refractivity contribution in [3.05, 3.63) is 47.2 Å². The summed E-state index contributed by atoms with van der Waals surface area (Å²) in [6, 6.07) is 9.75. The Morgan fingerprint density at radius 2 is 2.07 bits per heavy atom. The summed E-state index contributed by atoms with van der Waals surface area (Å²) in [6.45, 7) is 2.97. The topological polar surface area (TPSA) is 85.2 Å². The minimum Gasteiger partial charge on any atom is -0.383 e. The van der Waals surface area contributed by atoms with E-state index in [4.69, 9.17) is 4.74 Å². The number of hydrogen-bond acceptors (Lipinski definition) is 5. The Bertz CT molecular complexity index is 822. The largest absolute Gasteiger partial charge is 0.383 e. The smallest absolute Gasteiger partial charge is 0.241 e. The van der Waals surface area contributed by atoms with Crippen molar-refractivity contribution in [2.45, 2.75) is 37.3 Å². The summed E-state index contributed by atoms with van der Waals surface area (Å²) in [7, 11) is 1.59. The van der Waals surface area contributed by atoms with E-state index in [-0.39, 0.29) is 24.3 Å². The summed E-state index contributed by atoms with van der Waals surface area (Å²) in [5.41, 5.74) is 2.95. The van der Waals surface area contributed by atoms with E-state index in [0.29, 0.717) is 25.4 Å². The molecule has 1 aliphatic heterocycles. The van der Waals surface area contributed by atoms with Crippen LogP contribution in [0.1, 0.15) is 36.1 Å². The van der Waals surface area contributed by atoms with Gasteiger partial charge in [0.25, 0.3) is 0 Å². The third kappa shape index (κ3) is 4.74. The molecule has 0 aliphatic carbocycles. The number of aromatic nitrogens is 2. The number of anilines is 1. The Labute approximate surface area is 169 Å². The summed E-state index contributed by atoms with van der Waals surface area (Å²) >= 11 is 1.76. The number of methoxy groups -OCH3 is 1. The lowest BCUT2D eigenvalue weighted by molar-refractivity contribution is -0.122. The summed E-state index contributed by atoms with van der Waals surface area (Å²) in [5, 5.41) is 10.4. The molecule has 150 valence electrons. The number of nitrogens with zero attached hydrogens (tertiary/aromatic N) is 2. The summed E-state index contributed by atoms with van der Waals surface area (Å²) in [4.78, 5) is 25.2. The quantitative estimate of drug-likeness (QED) is 0.630. The Morgan fingerprint density at radius 1 is 1.29 bits per heavy atom. The van der Waals surface area contributed by atoms with Gasteiger partial charge in [-0.25, -0.2) is 4.68 Å².